The zero-order valence-electron chi connectivity index (χ0n) is 11.1. The summed E-state index contributed by atoms with van der Waals surface area (Å²) in [6, 6.07) is 3.28. The number of carbonyl (C=O) groups is 1. The second-order valence-electron chi connectivity index (χ2n) is 5.01. The Labute approximate surface area is 117 Å². The topological polar surface area (TPSA) is 56.7 Å². The molecule has 1 aliphatic heterocycles. The number of carboxylic acid groups (broad SMARTS) is 1. The Morgan fingerprint density at radius 1 is 1.58 bits per heavy atom. The van der Waals surface area contributed by atoms with Crippen LogP contribution in [0.4, 0.5) is 5.82 Å². The van der Waals surface area contributed by atoms with Crippen molar-refractivity contribution in [1.29, 1.82) is 0 Å². The molecule has 5 nitrogen and oxygen atoms in total. The highest BCUT2D eigenvalue weighted by molar-refractivity contribution is 6.29. The number of likely N-dealkylation sites (N-methyl/N-ethyl adjacent to an activating group) is 2. The van der Waals surface area contributed by atoms with E-state index in [2.05, 4.69) is 16.9 Å². The minimum absolute atomic E-state index is 0.172. The predicted octanol–water partition coefficient (Wildman–Crippen LogP) is 1.96. The molecule has 2 rings (SSSR count). The largest absolute Gasteiger partial charge is 0.478 e. The fourth-order valence-electron chi connectivity index (χ4n) is 2.43. The molecular weight excluding hydrogens is 266 g/mol. The second kappa shape index (κ2) is 5.75. The average Bonchev–Trinajstić information content (AvgIpc) is 2.37. The van der Waals surface area contributed by atoms with Gasteiger partial charge in [-0.1, -0.05) is 11.6 Å². The Bertz CT molecular complexity index is 481. The number of likely N-dealkylation sites (tertiary alicyclic amines) is 1. The molecule has 104 valence electrons. The molecule has 0 spiro atoms. The van der Waals surface area contributed by atoms with Crippen molar-refractivity contribution in [3.8, 4) is 0 Å². The van der Waals surface area contributed by atoms with Gasteiger partial charge >= 0.3 is 5.97 Å². The van der Waals surface area contributed by atoms with Crippen molar-refractivity contribution in [2.24, 2.45) is 0 Å². The zero-order chi connectivity index (χ0) is 14.0. The van der Waals surface area contributed by atoms with Crippen LogP contribution < -0.4 is 4.90 Å². The summed E-state index contributed by atoms with van der Waals surface area (Å²) in [7, 11) is 4.03. The van der Waals surface area contributed by atoms with E-state index in [-0.39, 0.29) is 10.7 Å². The molecule has 1 unspecified atom stereocenters. The van der Waals surface area contributed by atoms with Gasteiger partial charge in [0.15, 0.2) is 0 Å². The Hall–Kier alpha value is -1.33. The quantitative estimate of drug-likeness (QED) is 0.860. The first-order valence-corrected chi connectivity index (χ1v) is 6.67. The third-order valence-corrected chi connectivity index (χ3v) is 3.73. The van der Waals surface area contributed by atoms with Gasteiger partial charge in [0.25, 0.3) is 0 Å². The first-order chi connectivity index (χ1) is 8.97. The lowest BCUT2D eigenvalue weighted by atomic mass is 10.0. The molecule has 0 aromatic carbocycles. The van der Waals surface area contributed by atoms with E-state index < -0.39 is 5.97 Å². The SMILES string of the molecule is CN1CCCC(N(C)c2cc(C(=O)O)cc(Cl)n2)C1. The maximum absolute atomic E-state index is 11.0. The molecule has 1 N–H and O–H groups in total. The first kappa shape index (κ1) is 14.1. The number of hydrogen-bond donors (Lipinski definition) is 1. The highest BCUT2D eigenvalue weighted by Gasteiger charge is 2.23. The fourth-order valence-corrected chi connectivity index (χ4v) is 2.63. The van der Waals surface area contributed by atoms with E-state index in [0.717, 1.165) is 25.9 Å². The van der Waals surface area contributed by atoms with Gasteiger partial charge in [-0.15, -0.1) is 0 Å². The number of hydrogen-bond acceptors (Lipinski definition) is 4. The van der Waals surface area contributed by atoms with E-state index >= 15 is 0 Å². The van der Waals surface area contributed by atoms with Crippen LogP contribution in [0.25, 0.3) is 0 Å². The third kappa shape index (κ3) is 3.36. The standard InChI is InChI=1S/C13H18ClN3O2/c1-16-5-3-4-10(8-16)17(2)12-7-9(13(18)19)6-11(14)15-12/h6-7,10H,3-5,8H2,1-2H3,(H,18,19). The molecule has 1 atom stereocenters. The van der Waals surface area contributed by atoms with Gasteiger partial charge in [0.05, 0.1) is 5.56 Å². The van der Waals surface area contributed by atoms with Crippen LogP contribution in [0, 0.1) is 0 Å². The van der Waals surface area contributed by atoms with Crippen LogP contribution in [0.5, 0.6) is 0 Å². The van der Waals surface area contributed by atoms with Crippen LogP contribution in [-0.4, -0.2) is 54.2 Å². The number of rotatable bonds is 3. The maximum Gasteiger partial charge on any atom is 0.335 e. The van der Waals surface area contributed by atoms with Crippen molar-refractivity contribution in [3.63, 3.8) is 0 Å². The monoisotopic (exact) mass is 283 g/mol. The molecule has 0 bridgehead atoms. The average molecular weight is 284 g/mol. The van der Waals surface area contributed by atoms with Gasteiger partial charge < -0.3 is 14.9 Å². The van der Waals surface area contributed by atoms with E-state index in [0.29, 0.717) is 11.9 Å². The van der Waals surface area contributed by atoms with Crippen LogP contribution in [0.1, 0.15) is 23.2 Å². The van der Waals surface area contributed by atoms with Gasteiger partial charge in [-0.25, -0.2) is 9.78 Å². The Kier molecular flexibility index (Phi) is 4.27. The molecule has 1 aromatic rings. The van der Waals surface area contributed by atoms with Crippen molar-refractivity contribution < 1.29 is 9.90 Å². The van der Waals surface area contributed by atoms with Gasteiger partial charge in [-0.2, -0.15) is 0 Å². The zero-order valence-corrected chi connectivity index (χ0v) is 11.9. The van der Waals surface area contributed by atoms with E-state index in [1.807, 2.05) is 11.9 Å². The van der Waals surface area contributed by atoms with E-state index in [1.54, 1.807) is 6.07 Å². The molecule has 19 heavy (non-hydrogen) atoms. The molecular formula is C13H18ClN3O2. The number of anilines is 1. The van der Waals surface area contributed by atoms with E-state index in [1.165, 1.54) is 6.07 Å². The Morgan fingerprint density at radius 2 is 2.32 bits per heavy atom. The number of aromatic carboxylic acids is 1. The minimum atomic E-state index is -0.986. The number of nitrogens with zero attached hydrogens (tertiary/aromatic N) is 3. The van der Waals surface area contributed by atoms with Crippen LogP contribution in [0.3, 0.4) is 0 Å². The molecule has 1 saturated heterocycles. The van der Waals surface area contributed by atoms with Crippen molar-refractivity contribution >= 4 is 23.4 Å². The van der Waals surface area contributed by atoms with Crippen molar-refractivity contribution in [2.45, 2.75) is 18.9 Å². The van der Waals surface area contributed by atoms with Gasteiger partial charge in [0.1, 0.15) is 11.0 Å². The molecule has 0 saturated carbocycles. The molecule has 1 aromatic heterocycles. The third-order valence-electron chi connectivity index (χ3n) is 3.54. The van der Waals surface area contributed by atoms with E-state index in [9.17, 15) is 4.79 Å². The Balaban J connectivity index is 2.22. The van der Waals surface area contributed by atoms with Crippen LogP contribution >= 0.6 is 11.6 Å². The Morgan fingerprint density at radius 3 is 2.95 bits per heavy atom. The van der Waals surface area contributed by atoms with Gasteiger partial charge in [0.2, 0.25) is 0 Å². The molecule has 0 radical (unpaired) electrons. The first-order valence-electron chi connectivity index (χ1n) is 6.29. The summed E-state index contributed by atoms with van der Waals surface area (Å²) in [4.78, 5) is 19.6. The van der Waals surface area contributed by atoms with Crippen LogP contribution in [0.15, 0.2) is 12.1 Å². The summed E-state index contributed by atoms with van der Waals surface area (Å²) in [5.41, 5.74) is 0.172. The summed E-state index contributed by atoms with van der Waals surface area (Å²) in [6.07, 6.45) is 2.22. The molecule has 6 heteroatoms. The summed E-state index contributed by atoms with van der Waals surface area (Å²) >= 11 is 5.89. The molecule has 2 heterocycles. The van der Waals surface area contributed by atoms with Gasteiger partial charge in [-0.3, -0.25) is 0 Å². The molecule has 1 fully saturated rings. The normalized spacial score (nSPS) is 20.3. The predicted molar refractivity (Wildman–Crippen MR) is 75.1 cm³/mol. The van der Waals surface area contributed by atoms with Crippen LogP contribution in [-0.2, 0) is 0 Å². The summed E-state index contributed by atoms with van der Waals surface area (Å²) < 4.78 is 0. The van der Waals surface area contributed by atoms with Crippen LogP contribution in [0.2, 0.25) is 5.15 Å². The minimum Gasteiger partial charge on any atom is -0.478 e. The maximum atomic E-state index is 11.0. The van der Waals surface area contributed by atoms with E-state index in [4.69, 9.17) is 16.7 Å². The van der Waals surface area contributed by atoms with Gasteiger partial charge in [-0.05, 0) is 38.6 Å². The lowest BCUT2D eigenvalue weighted by Gasteiger charge is -2.36. The number of aromatic nitrogens is 1. The number of halogens is 1. The number of carboxylic acids is 1. The van der Waals surface area contributed by atoms with Crippen molar-refractivity contribution in [2.75, 3.05) is 32.1 Å². The molecule has 1 aliphatic rings. The highest BCUT2D eigenvalue weighted by atomic mass is 35.5. The summed E-state index contributed by atoms with van der Waals surface area (Å²) in [5, 5.41) is 9.27. The summed E-state index contributed by atoms with van der Waals surface area (Å²) in [6.45, 7) is 2.06. The lowest BCUT2D eigenvalue weighted by Crippen LogP contribution is -2.45. The summed E-state index contributed by atoms with van der Waals surface area (Å²) in [5.74, 6) is -0.370. The van der Waals surface area contributed by atoms with Crippen molar-refractivity contribution in [3.05, 3.63) is 22.8 Å². The fraction of sp³-hybridized carbons (Fsp3) is 0.538. The molecule has 0 aliphatic carbocycles. The van der Waals surface area contributed by atoms with Crippen molar-refractivity contribution in [1.82, 2.24) is 9.88 Å². The highest BCUT2D eigenvalue weighted by Crippen LogP contribution is 2.22. The van der Waals surface area contributed by atoms with Gasteiger partial charge in [0, 0.05) is 19.6 Å². The lowest BCUT2D eigenvalue weighted by molar-refractivity contribution is 0.0696. The number of piperidine rings is 1. The number of pyridine rings is 1. The second-order valence-corrected chi connectivity index (χ2v) is 5.40. The molecule has 0 amide bonds. The smallest absolute Gasteiger partial charge is 0.335 e.